The largest absolute Gasteiger partial charge is 0.383 e. The van der Waals surface area contributed by atoms with Crippen molar-refractivity contribution in [2.75, 3.05) is 45.7 Å². The summed E-state index contributed by atoms with van der Waals surface area (Å²) in [5.41, 5.74) is 2.71. The molecule has 2 rings (SSSR count). The molecule has 1 heterocycles. The van der Waals surface area contributed by atoms with E-state index < -0.39 is 0 Å². The van der Waals surface area contributed by atoms with Crippen LogP contribution in [0.3, 0.4) is 0 Å². The minimum atomic E-state index is 0.785. The van der Waals surface area contributed by atoms with Crippen molar-refractivity contribution in [1.29, 1.82) is 0 Å². The fourth-order valence-electron chi connectivity index (χ4n) is 2.25. The number of aryl methyl sites for hydroxylation is 2. The predicted octanol–water partition coefficient (Wildman–Crippen LogP) is 1.56. The van der Waals surface area contributed by atoms with Gasteiger partial charge in [0, 0.05) is 32.4 Å². The number of hydrogen-bond donors (Lipinski definition) is 1. The number of aromatic nitrogens is 1. The van der Waals surface area contributed by atoms with Crippen LogP contribution in [0, 0.1) is 0 Å². The van der Waals surface area contributed by atoms with Crippen LogP contribution in [0.4, 0.5) is 5.82 Å². The van der Waals surface area contributed by atoms with E-state index in [0.717, 1.165) is 38.5 Å². The molecule has 0 atom stereocenters. The van der Waals surface area contributed by atoms with E-state index in [1.54, 1.807) is 7.11 Å². The second-order valence-corrected chi connectivity index (χ2v) is 4.88. The summed E-state index contributed by atoms with van der Waals surface area (Å²) in [4.78, 5) is 6.91. The summed E-state index contributed by atoms with van der Waals surface area (Å²) in [5.74, 6) is 1.01. The van der Waals surface area contributed by atoms with E-state index in [1.165, 1.54) is 24.1 Å². The highest BCUT2D eigenvalue weighted by atomic mass is 16.5. The van der Waals surface area contributed by atoms with Gasteiger partial charge in [-0.25, -0.2) is 4.98 Å². The lowest BCUT2D eigenvalue weighted by molar-refractivity contribution is 0.163. The zero-order valence-electron chi connectivity index (χ0n) is 11.4. The number of likely N-dealkylation sites (N-methyl/N-ethyl adjacent to an activating group) is 1. The molecule has 1 aromatic heterocycles. The number of nitrogens with one attached hydrogen (secondary N) is 1. The van der Waals surface area contributed by atoms with Crippen LogP contribution in [-0.4, -0.2) is 50.3 Å². The molecule has 0 saturated heterocycles. The van der Waals surface area contributed by atoms with Gasteiger partial charge < -0.3 is 15.0 Å². The minimum absolute atomic E-state index is 0.785. The fourth-order valence-corrected chi connectivity index (χ4v) is 2.25. The van der Waals surface area contributed by atoms with Crippen molar-refractivity contribution in [3.63, 3.8) is 0 Å². The molecule has 4 nitrogen and oxygen atoms in total. The van der Waals surface area contributed by atoms with E-state index in [2.05, 4.69) is 34.4 Å². The maximum Gasteiger partial charge on any atom is 0.126 e. The number of hydrogen-bond acceptors (Lipinski definition) is 4. The van der Waals surface area contributed by atoms with Crippen LogP contribution in [0.2, 0.25) is 0 Å². The maximum atomic E-state index is 5.05. The average Bonchev–Trinajstić information content (AvgIpc) is 2.83. The maximum absolute atomic E-state index is 5.05. The Labute approximate surface area is 109 Å². The van der Waals surface area contributed by atoms with Crippen molar-refractivity contribution in [2.45, 2.75) is 19.3 Å². The normalized spacial score (nSPS) is 13.9. The first kappa shape index (κ1) is 13.3. The van der Waals surface area contributed by atoms with E-state index in [1.807, 2.05) is 0 Å². The molecular formula is C14H23N3O. The van der Waals surface area contributed by atoms with Crippen molar-refractivity contribution < 1.29 is 4.74 Å². The Morgan fingerprint density at radius 3 is 3.06 bits per heavy atom. The molecule has 0 amide bonds. The molecular weight excluding hydrogens is 226 g/mol. The predicted molar refractivity (Wildman–Crippen MR) is 74.1 cm³/mol. The van der Waals surface area contributed by atoms with Gasteiger partial charge in [-0.15, -0.1) is 0 Å². The molecule has 0 saturated carbocycles. The summed E-state index contributed by atoms with van der Waals surface area (Å²) in [6.07, 6.45) is 3.59. The van der Waals surface area contributed by atoms with Crippen LogP contribution in [0.25, 0.3) is 0 Å². The van der Waals surface area contributed by atoms with Gasteiger partial charge in [-0.2, -0.15) is 0 Å². The van der Waals surface area contributed by atoms with Gasteiger partial charge in [0.25, 0.3) is 0 Å². The van der Waals surface area contributed by atoms with E-state index in [4.69, 9.17) is 4.74 Å². The van der Waals surface area contributed by atoms with E-state index >= 15 is 0 Å². The number of nitrogens with zero attached hydrogens (tertiary/aromatic N) is 2. The number of pyridine rings is 1. The number of ether oxygens (including phenoxy) is 1. The Bertz CT molecular complexity index is 381. The van der Waals surface area contributed by atoms with Gasteiger partial charge in [0.05, 0.1) is 6.61 Å². The van der Waals surface area contributed by atoms with Gasteiger partial charge in [0.1, 0.15) is 5.82 Å². The third kappa shape index (κ3) is 3.68. The second-order valence-electron chi connectivity index (χ2n) is 4.88. The first-order chi connectivity index (χ1) is 8.79. The number of anilines is 1. The van der Waals surface area contributed by atoms with E-state index in [-0.39, 0.29) is 0 Å². The number of methoxy groups -OCH3 is 1. The monoisotopic (exact) mass is 249 g/mol. The topological polar surface area (TPSA) is 37.4 Å². The highest BCUT2D eigenvalue weighted by Gasteiger charge is 2.12. The Hall–Kier alpha value is -1.13. The van der Waals surface area contributed by atoms with Gasteiger partial charge in [-0.1, -0.05) is 6.07 Å². The highest BCUT2D eigenvalue weighted by Crippen LogP contribution is 2.21. The molecule has 1 N–H and O–H groups in total. The summed E-state index contributed by atoms with van der Waals surface area (Å²) in [6.45, 7) is 3.68. The average molecular weight is 249 g/mol. The molecule has 0 spiro atoms. The quantitative estimate of drug-likeness (QED) is 0.796. The van der Waals surface area contributed by atoms with Crippen molar-refractivity contribution in [2.24, 2.45) is 0 Å². The van der Waals surface area contributed by atoms with E-state index in [9.17, 15) is 0 Å². The van der Waals surface area contributed by atoms with Crippen molar-refractivity contribution in [3.05, 3.63) is 23.4 Å². The summed E-state index contributed by atoms with van der Waals surface area (Å²) in [6, 6.07) is 4.31. The smallest absolute Gasteiger partial charge is 0.126 e. The van der Waals surface area contributed by atoms with Gasteiger partial charge in [-0.05, 0) is 37.9 Å². The number of fused-ring (bicyclic) bond motifs is 1. The van der Waals surface area contributed by atoms with Gasteiger partial charge in [-0.3, -0.25) is 0 Å². The fraction of sp³-hybridized carbons (Fsp3) is 0.643. The first-order valence-electron chi connectivity index (χ1n) is 6.70. The lowest BCUT2D eigenvalue weighted by Gasteiger charge is -2.16. The standard InChI is InChI=1S/C14H23N3O/c1-17(10-11-18-2)9-8-15-14-7-6-12-4-3-5-13(12)16-14/h6-7H,3-5,8-11H2,1-2H3,(H,15,16). The van der Waals surface area contributed by atoms with Crippen LogP contribution in [0.15, 0.2) is 12.1 Å². The second kappa shape index (κ2) is 6.71. The molecule has 1 aromatic rings. The molecule has 0 radical (unpaired) electrons. The summed E-state index contributed by atoms with van der Waals surface area (Å²) < 4.78 is 5.05. The Kier molecular flexibility index (Phi) is 4.96. The summed E-state index contributed by atoms with van der Waals surface area (Å²) in [7, 11) is 3.84. The Morgan fingerprint density at radius 1 is 1.33 bits per heavy atom. The molecule has 4 heteroatoms. The van der Waals surface area contributed by atoms with Gasteiger partial charge in [0.2, 0.25) is 0 Å². The molecule has 0 unspecified atom stereocenters. The van der Waals surface area contributed by atoms with Crippen molar-refractivity contribution >= 4 is 5.82 Å². The Balaban J connectivity index is 1.73. The van der Waals surface area contributed by atoms with Crippen molar-refractivity contribution in [3.8, 4) is 0 Å². The van der Waals surface area contributed by atoms with Crippen LogP contribution >= 0.6 is 0 Å². The lowest BCUT2D eigenvalue weighted by Crippen LogP contribution is -2.28. The molecule has 100 valence electrons. The SMILES string of the molecule is COCCN(C)CCNc1ccc2c(n1)CCC2. The van der Waals surface area contributed by atoms with E-state index in [0.29, 0.717) is 0 Å². The Morgan fingerprint density at radius 2 is 2.22 bits per heavy atom. The minimum Gasteiger partial charge on any atom is -0.383 e. The highest BCUT2D eigenvalue weighted by molar-refractivity contribution is 5.40. The summed E-state index contributed by atoms with van der Waals surface area (Å²) in [5, 5.41) is 3.39. The molecule has 18 heavy (non-hydrogen) atoms. The molecule has 0 aromatic carbocycles. The number of rotatable bonds is 7. The molecule has 0 aliphatic heterocycles. The first-order valence-corrected chi connectivity index (χ1v) is 6.70. The molecule has 0 fully saturated rings. The third-order valence-corrected chi connectivity index (χ3v) is 3.40. The van der Waals surface area contributed by atoms with Crippen LogP contribution in [-0.2, 0) is 17.6 Å². The van der Waals surface area contributed by atoms with Crippen LogP contribution < -0.4 is 5.32 Å². The van der Waals surface area contributed by atoms with Gasteiger partial charge in [0.15, 0.2) is 0 Å². The molecule has 1 aliphatic rings. The molecule has 0 bridgehead atoms. The lowest BCUT2D eigenvalue weighted by atomic mass is 10.2. The van der Waals surface area contributed by atoms with Gasteiger partial charge >= 0.3 is 0 Å². The third-order valence-electron chi connectivity index (χ3n) is 3.40. The van der Waals surface area contributed by atoms with Crippen LogP contribution in [0.1, 0.15) is 17.7 Å². The summed E-state index contributed by atoms with van der Waals surface area (Å²) >= 11 is 0. The zero-order chi connectivity index (χ0) is 12.8. The molecule has 1 aliphatic carbocycles. The van der Waals surface area contributed by atoms with Crippen LogP contribution in [0.5, 0.6) is 0 Å². The van der Waals surface area contributed by atoms with Crippen molar-refractivity contribution in [1.82, 2.24) is 9.88 Å². The zero-order valence-corrected chi connectivity index (χ0v) is 11.4.